The highest BCUT2D eigenvalue weighted by molar-refractivity contribution is 5.94. The van der Waals surface area contributed by atoms with Gasteiger partial charge in [-0.15, -0.1) is 0 Å². The Labute approximate surface area is 120 Å². The Morgan fingerprint density at radius 3 is 2.62 bits per heavy atom. The van der Waals surface area contributed by atoms with Crippen LogP contribution < -0.4 is 5.32 Å². The van der Waals surface area contributed by atoms with E-state index in [1.165, 1.54) is 0 Å². The van der Waals surface area contributed by atoms with Crippen LogP contribution >= 0.6 is 0 Å². The molecule has 0 aromatic heterocycles. The molecule has 1 saturated carbocycles. The van der Waals surface area contributed by atoms with Crippen LogP contribution in [0.3, 0.4) is 0 Å². The van der Waals surface area contributed by atoms with Crippen molar-refractivity contribution in [1.82, 2.24) is 5.32 Å². The summed E-state index contributed by atoms with van der Waals surface area (Å²) in [5.74, 6) is -0.961. The Morgan fingerprint density at radius 1 is 1.33 bits per heavy atom. The van der Waals surface area contributed by atoms with Crippen LogP contribution in [0.15, 0.2) is 18.2 Å². The molecule has 1 aliphatic rings. The van der Waals surface area contributed by atoms with E-state index in [1.54, 1.807) is 0 Å². The zero-order valence-corrected chi connectivity index (χ0v) is 11.6. The van der Waals surface area contributed by atoms with Crippen molar-refractivity contribution in [1.29, 1.82) is 0 Å². The second-order valence-corrected chi connectivity index (χ2v) is 5.57. The summed E-state index contributed by atoms with van der Waals surface area (Å²) in [6.07, 6.45) is -1.45. The minimum Gasteiger partial charge on any atom is -0.352 e. The van der Waals surface area contributed by atoms with Crippen LogP contribution in [-0.2, 0) is 6.18 Å². The quantitative estimate of drug-likeness (QED) is 0.840. The molecule has 1 N–H and O–H groups in total. The van der Waals surface area contributed by atoms with Crippen LogP contribution in [0.4, 0.5) is 17.6 Å². The molecule has 1 fully saturated rings. The van der Waals surface area contributed by atoms with Gasteiger partial charge in [-0.05, 0) is 36.5 Å². The number of halogens is 4. The Bertz CT molecular complexity index is 527. The van der Waals surface area contributed by atoms with Gasteiger partial charge in [-0.2, -0.15) is 13.2 Å². The van der Waals surface area contributed by atoms with Gasteiger partial charge in [0.25, 0.3) is 5.91 Å². The van der Waals surface area contributed by atoms with Crippen LogP contribution in [0.25, 0.3) is 0 Å². The second kappa shape index (κ2) is 6.03. The number of carbonyl (C=O) groups is 1. The van der Waals surface area contributed by atoms with Crippen molar-refractivity contribution in [3.05, 3.63) is 35.1 Å². The van der Waals surface area contributed by atoms with Crippen molar-refractivity contribution in [2.75, 3.05) is 6.54 Å². The third-order valence-corrected chi connectivity index (χ3v) is 4.10. The molecule has 0 heterocycles. The van der Waals surface area contributed by atoms with Gasteiger partial charge in [0.05, 0.1) is 11.1 Å². The number of carbonyl (C=O) groups excluding carboxylic acids is 1. The number of rotatable bonds is 3. The molecule has 1 aliphatic carbocycles. The maximum absolute atomic E-state index is 13.6. The molecule has 2 atom stereocenters. The predicted molar refractivity (Wildman–Crippen MR) is 70.2 cm³/mol. The van der Waals surface area contributed by atoms with E-state index >= 15 is 0 Å². The standard InChI is InChI=1S/C15H17F4NO/c1-9-3-2-4-10(9)8-20-14(21)12-7-11(15(17,18)19)5-6-13(12)16/h5-7,9-10H,2-4,8H2,1H3,(H,20,21). The lowest BCUT2D eigenvalue weighted by atomic mass is 9.98. The molecule has 2 unspecified atom stereocenters. The molecule has 0 aliphatic heterocycles. The molecule has 1 amide bonds. The zero-order chi connectivity index (χ0) is 15.6. The largest absolute Gasteiger partial charge is 0.416 e. The lowest BCUT2D eigenvalue weighted by Gasteiger charge is -2.16. The summed E-state index contributed by atoms with van der Waals surface area (Å²) in [5, 5.41) is 2.54. The third kappa shape index (κ3) is 3.74. The third-order valence-electron chi connectivity index (χ3n) is 4.10. The highest BCUT2D eigenvalue weighted by Gasteiger charge is 2.32. The molecular formula is C15H17F4NO. The van der Waals surface area contributed by atoms with Gasteiger partial charge in [0.1, 0.15) is 5.82 Å². The number of amides is 1. The molecule has 0 spiro atoms. The van der Waals surface area contributed by atoms with Gasteiger partial charge in [-0.3, -0.25) is 4.79 Å². The Kier molecular flexibility index (Phi) is 4.54. The van der Waals surface area contributed by atoms with Gasteiger partial charge < -0.3 is 5.32 Å². The Balaban J connectivity index is 2.08. The predicted octanol–water partition coefficient (Wildman–Crippen LogP) is 4.01. The molecule has 2 rings (SSSR count). The zero-order valence-electron chi connectivity index (χ0n) is 11.6. The molecule has 2 nitrogen and oxygen atoms in total. The van der Waals surface area contributed by atoms with E-state index < -0.39 is 29.0 Å². The van der Waals surface area contributed by atoms with E-state index in [9.17, 15) is 22.4 Å². The van der Waals surface area contributed by atoms with Gasteiger partial charge in [0.2, 0.25) is 0 Å². The van der Waals surface area contributed by atoms with Crippen molar-refractivity contribution >= 4 is 5.91 Å². The highest BCUT2D eigenvalue weighted by atomic mass is 19.4. The van der Waals surface area contributed by atoms with Crippen molar-refractivity contribution in [3.63, 3.8) is 0 Å². The van der Waals surface area contributed by atoms with E-state index in [0.29, 0.717) is 36.6 Å². The first-order chi connectivity index (χ1) is 9.79. The van der Waals surface area contributed by atoms with E-state index in [4.69, 9.17) is 0 Å². The van der Waals surface area contributed by atoms with Crippen molar-refractivity contribution in [3.8, 4) is 0 Å². The summed E-state index contributed by atoms with van der Waals surface area (Å²) < 4.78 is 51.3. The fourth-order valence-electron chi connectivity index (χ4n) is 2.72. The summed E-state index contributed by atoms with van der Waals surface area (Å²) in [4.78, 5) is 11.9. The molecule has 6 heteroatoms. The van der Waals surface area contributed by atoms with Crippen LogP contribution in [-0.4, -0.2) is 12.5 Å². The molecule has 21 heavy (non-hydrogen) atoms. The van der Waals surface area contributed by atoms with Crippen LogP contribution in [0, 0.1) is 17.7 Å². The highest BCUT2D eigenvalue weighted by Crippen LogP contribution is 2.31. The molecule has 0 bridgehead atoms. The Hall–Kier alpha value is -1.59. The lowest BCUT2D eigenvalue weighted by molar-refractivity contribution is -0.137. The van der Waals surface area contributed by atoms with E-state index in [1.807, 2.05) is 0 Å². The van der Waals surface area contributed by atoms with E-state index in [-0.39, 0.29) is 0 Å². The minimum absolute atomic E-state index is 0.308. The molecule has 1 aromatic rings. The smallest absolute Gasteiger partial charge is 0.352 e. The first kappa shape index (κ1) is 15.8. The average molecular weight is 303 g/mol. The van der Waals surface area contributed by atoms with Gasteiger partial charge in [0, 0.05) is 6.54 Å². The summed E-state index contributed by atoms with van der Waals surface area (Å²) in [6, 6.07) is 1.86. The number of hydrogen-bond donors (Lipinski definition) is 1. The fraction of sp³-hybridized carbons (Fsp3) is 0.533. The number of benzene rings is 1. The van der Waals surface area contributed by atoms with Gasteiger partial charge in [0.15, 0.2) is 0 Å². The molecular weight excluding hydrogens is 286 g/mol. The van der Waals surface area contributed by atoms with Crippen LogP contribution in [0.1, 0.15) is 42.1 Å². The van der Waals surface area contributed by atoms with Crippen LogP contribution in [0.2, 0.25) is 0 Å². The Morgan fingerprint density at radius 2 is 2.05 bits per heavy atom. The minimum atomic E-state index is -4.59. The van der Waals surface area contributed by atoms with Gasteiger partial charge in [-0.25, -0.2) is 4.39 Å². The van der Waals surface area contributed by atoms with Crippen molar-refractivity contribution < 1.29 is 22.4 Å². The normalized spacial score (nSPS) is 22.3. The molecule has 0 saturated heterocycles. The van der Waals surface area contributed by atoms with Crippen molar-refractivity contribution in [2.45, 2.75) is 32.4 Å². The molecule has 0 radical (unpaired) electrons. The number of hydrogen-bond acceptors (Lipinski definition) is 1. The van der Waals surface area contributed by atoms with E-state index in [0.717, 1.165) is 19.3 Å². The average Bonchev–Trinajstić information content (AvgIpc) is 2.80. The monoisotopic (exact) mass is 303 g/mol. The first-order valence-electron chi connectivity index (χ1n) is 6.94. The number of nitrogens with one attached hydrogen (secondary N) is 1. The summed E-state index contributed by atoms with van der Waals surface area (Å²) in [5.41, 5.74) is -1.58. The van der Waals surface area contributed by atoms with Gasteiger partial charge >= 0.3 is 6.18 Å². The van der Waals surface area contributed by atoms with Crippen LogP contribution in [0.5, 0.6) is 0 Å². The number of alkyl halides is 3. The SMILES string of the molecule is CC1CCCC1CNC(=O)c1cc(C(F)(F)F)ccc1F. The molecule has 116 valence electrons. The summed E-state index contributed by atoms with van der Waals surface area (Å²) >= 11 is 0. The second-order valence-electron chi connectivity index (χ2n) is 5.57. The van der Waals surface area contributed by atoms with Crippen molar-refractivity contribution in [2.24, 2.45) is 11.8 Å². The summed E-state index contributed by atoms with van der Waals surface area (Å²) in [6.45, 7) is 2.45. The fourth-order valence-corrected chi connectivity index (χ4v) is 2.72. The topological polar surface area (TPSA) is 29.1 Å². The van der Waals surface area contributed by atoms with E-state index in [2.05, 4.69) is 12.2 Å². The lowest BCUT2D eigenvalue weighted by Crippen LogP contribution is -2.31. The summed E-state index contributed by atoms with van der Waals surface area (Å²) in [7, 11) is 0. The maximum Gasteiger partial charge on any atom is 0.416 e. The first-order valence-corrected chi connectivity index (χ1v) is 6.94. The molecule has 1 aromatic carbocycles. The van der Waals surface area contributed by atoms with Gasteiger partial charge in [-0.1, -0.05) is 19.8 Å². The maximum atomic E-state index is 13.6.